The fraction of sp³-hybridized carbons (Fsp3) is 0.318. The lowest BCUT2D eigenvalue weighted by atomic mass is 9.83. The second-order valence-corrected chi connectivity index (χ2v) is 7.31. The van der Waals surface area contributed by atoms with E-state index in [0.717, 1.165) is 22.3 Å². The van der Waals surface area contributed by atoms with Crippen molar-refractivity contribution in [2.75, 3.05) is 6.61 Å². The lowest BCUT2D eigenvalue weighted by molar-refractivity contribution is -0.138. The second-order valence-electron chi connectivity index (χ2n) is 7.31. The molecule has 0 fully saturated rings. The third kappa shape index (κ3) is 4.72. The van der Waals surface area contributed by atoms with Crippen molar-refractivity contribution >= 4 is 5.97 Å². The Balaban J connectivity index is 2.38. The van der Waals surface area contributed by atoms with Gasteiger partial charge in [-0.1, -0.05) is 63.7 Å². The zero-order valence-corrected chi connectivity index (χ0v) is 15.4. The lowest BCUT2D eigenvalue weighted by Gasteiger charge is -2.22. The fourth-order valence-corrected chi connectivity index (χ4v) is 2.53. The molecule has 3 nitrogen and oxygen atoms in total. The molecular weight excluding hydrogens is 312 g/mol. The van der Waals surface area contributed by atoms with Crippen LogP contribution < -0.4 is 0 Å². The number of benzene rings is 2. The predicted molar refractivity (Wildman–Crippen MR) is 102 cm³/mol. The lowest BCUT2D eigenvalue weighted by Crippen LogP contribution is -2.13. The summed E-state index contributed by atoms with van der Waals surface area (Å²) in [4.78, 5) is 11.5. The van der Waals surface area contributed by atoms with Gasteiger partial charge < -0.3 is 9.84 Å². The van der Waals surface area contributed by atoms with Crippen LogP contribution >= 0.6 is 0 Å². The van der Waals surface area contributed by atoms with Crippen molar-refractivity contribution in [2.24, 2.45) is 0 Å². The molecule has 0 aliphatic carbocycles. The number of phenolic OH excluding ortho intramolecular Hbond substituents is 1. The standard InChI is InChI=1S/C22H26O3/c1-15(2)21(24)25-12-11-17-13-18(22(3,4)5)14-19(20(17)23)16-9-7-6-8-10-16/h6-10,13-14,23H,1,11-12H2,2-5H3. The number of carbonyl (C=O) groups is 1. The maximum Gasteiger partial charge on any atom is 0.333 e. The average Bonchev–Trinajstić information content (AvgIpc) is 2.55. The first-order chi connectivity index (χ1) is 11.7. The van der Waals surface area contributed by atoms with Crippen LogP contribution in [-0.4, -0.2) is 17.7 Å². The number of carbonyl (C=O) groups excluding carboxylic acids is 1. The van der Waals surface area contributed by atoms with E-state index >= 15 is 0 Å². The van der Waals surface area contributed by atoms with E-state index in [0.29, 0.717) is 12.0 Å². The van der Waals surface area contributed by atoms with E-state index in [9.17, 15) is 9.90 Å². The number of rotatable bonds is 5. The second kappa shape index (κ2) is 7.56. The number of aromatic hydroxyl groups is 1. The molecule has 0 bridgehead atoms. The molecule has 1 N–H and O–H groups in total. The van der Waals surface area contributed by atoms with Crippen molar-refractivity contribution in [3.8, 4) is 16.9 Å². The van der Waals surface area contributed by atoms with Crippen molar-refractivity contribution in [1.82, 2.24) is 0 Å². The molecule has 3 heteroatoms. The van der Waals surface area contributed by atoms with Crippen LogP contribution in [-0.2, 0) is 21.4 Å². The van der Waals surface area contributed by atoms with Gasteiger partial charge in [0.15, 0.2) is 0 Å². The summed E-state index contributed by atoms with van der Waals surface area (Å²) in [6, 6.07) is 13.8. The highest BCUT2D eigenvalue weighted by molar-refractivity contribution is 5.86. The smallest absolute Gasteiger partial charge is 0.333 e. The van der Waals surface area contributed by atoms with Gasteiger partial charge in [-0.15, -0.1) is 0 Å². The maximum absolute atomic E-state index is 11.5. The van der Waals surface area contributed by atoms with E-state index in [1.54, 1.807) is 6.92 Å². The van der Waals surface area contributed by atoms with E-state index < -0.39 is 5.97 Å². The van der Waals surface area contributed by atoms with Crippen LogP contribution in [0.4, 0.5) is 0 Å². The molecule has 0 aliphatic rings. The van der Waals surface area contributed by atoms with Gasteiger partial charge in [-0.2, -0.15) is 0 Å². The highest BCUT2D eigenvalue weighted by Gasteiger charge is 2.19. The van der Waals surface area contributed by atoms with Crippen LogP contribution in [0.15, 0.2) is 54.6 Å². The van der Waals surface area contributed by atoms with E-state index in [2.05, 4.69) is 27.4 Å². The Morgan fingerprint density at radius 2 is 1.80 bits per heavy atom. The molecule has 0 amide bonds. The molecule has 0 aromatic heterocycles. The Morgan fingerprint density at radius 3 is 2.36 bits per heavy atom. The first kappa shape index (κ1) is 18.8. The van der Waals surface area contributed by atoms with Crippen molar-refractivity contribution in [3.05, 3.63) is 65.7 Å². The van der Waals surface area contributed by atoms with Crippen molar-refractivity contribution in [2.45, 2.75) is 39.5 Å². The number of hydrogen-bond acceptors (Lipinski definition) is 3. The molecule has 2 rings (SSSR count). The summed E-state index contributed by atoms with van der Waals surface area (Å²) in [6.07, 6.45) is 0.453. The van der Waals surface area contributed by atoms with Gasteiger partial charge in [0.1, 0.15) is 5.75 Å². The minimum absolute atomic E-state index is 0.0552. The molecule has 0 aliphatic heterocycles. The Bertz CT molecular complexity index is 768. The van der Waals surface area contributed by atoms with Gasteiger partial charge in [-0.3, -0.25) is 0 Å². The highest BCUT2D eigenvalue weighted by Crippen LogP contribution is 2.37. The summed E-state index contributed by atoms with van der Waals surface area (Å²) >= 11 is 0. The van der Waals surface area contributed by atoms with Gasteiger partial charge in [0, 0.05) is 17.6 Å². The largest absolute Gasteiger partial charge is 0.507 e. The monoisotopic (exact) mass is 338 g/mol. The van der Waals surface area contributed by atoms with Gasteiger partial charge in [0.05, 0.1) is 6.61 Å². The van der Waals surface area contributed by atoms with Crippen LogP contribution in [0.3, 0.4) is 0 Å². The molecule has 0 saturated carbocycles. The van der Waals surface area contributed by atoms with E-state index in [-0.39, 0.29) is 17.8 Å². The van der Waals surface area contributed by atoms with Crippen molar-refractivity contribution < 1.29 is 14.6 Å². The number of hydrogen-bond donors (Lipinski definition) is 1. The maximum atomic E-state index is 11.5. The highest BCUT2D eigenvalue weighted by atomic mass is 16.5. The van der Waals surface area contributed by atoms with Gasteiger partial charge in [0.2, 0.25) is 0 Å². The minimum atomic E-state index is -0.408. The number of esters is 1. The normalized spacial score (nSPS) is 11.2. The molecule has 25 heavy (non-hydrogen) atoms. The van der Waals surface area contributed by atoms with Crippen LogP contribution in [0.5, 0.6) is 5.75 Å². The average molecular weight is 338 g/mol. The summed E-state index contributed by atoms with van der Waals surface area (Å²) < 4.78 is 5.18. The molecule has 0 saturated heterocycles. The Labute approximate surface area is 150 Å². The molecule has 0 atom stereocenters. The summed E-state index contributed by atoms with van der Waals surface area (Å²) in [5, 5.41) is 10.7. The molecule has 2 aromatic carbocycles. The zero-order chi connectivity index (χ0) is 18.6. The summed E-state index contributed by atoms with van der Waals surface area (Å²) in [7, 11) is 0. The van der Waals surface area contributed by atoms with Crippen molar-refractivity contribution in [1.29, 1.82) is 0 Å². The van der Waals surface area contributed by atoms with Crippen LogP contribution in [0, 0.1) is 0 Å². The topological polar surface area (TPSA) is 46.5 Å². The first-order valence-electron chi connectivity index (χ1n) is 8.44. The Morgan fingerprint density at radius 1 is 1.16 bits per heavy atom. The molecule has 0 spiro atoms. The number of ether oxygens (including phenoxy) is 1. The number of phenols is 1. The summed E-state index contributed by atoms with van der Waals surface area (Å²) in [5.41, 5.74) is 3.99. The SMILES string of the molecule is C=C(C)C(=O)OCCc1cc(C(C)(C)C)cc(-c2ccccc2)c1O. The quantitative estimate of drug-likeness (QED) is 0.615. The van der Waals surface area contributed by atoms with Crippen LogP contribution in [0.1, 0.15) is 38.8 Å². The third-order valence-corrected chi connectivity index (χ3v) is 4.09. The van der Waals surface area contributed by atoms with Crippen LogP contribution in [0.2, 0.25) is 0 Å². The zero-order valence-electron chi connectivity index (χ0n) is 15.4. The van der Waals surface area contributed by atoms with Gasteiger partial charge in [0.25, 0.3) is 0 Å². The molecule has 2 aromatic rings. The Kier molecular flexibility index (Phi) is 5.68. The Hall–Kier alpha value is -2.55. The first-order valence-corrected chi connectivity index (χ1v) is 8.44. The molecule has 0 heterocycles. The fourth-order valence-electron chi connectivity index (χ4n) is 2.53. The van der Waals surface area contributed by atoms with E-state index in [1.807, 2.05) is 42.5 Å². The van der Waals surface area contributed by atoms with Gasteiger partial charge >= 0.3 is 5.97 Å². The predicted octanol–water partition coefficient (Wildman–Crippen LogP) is 5.02. The van der Waals surface area contributed by atoms with E-state index in [4.69, 9.17) is 4.74 Å². The molecule has 0 unspecified atom stereocenters. The van der Waals surface area contributed by atoms with E-state index in [1.165, 1.54) is 0 Å². The summed E-state index contributed by atoms with van der Waals surface area (Å²) in [6.45, 7) is 11.8. The van der Waals surface area contributed by atoms with Crippen molar-refractivity contribution in [3.63, 3.8) is 0 Å². The molecular formula is C22H26O3. The molecule has 132 valence electrons. The van der Waals surface area contributed by atoms with Gasteiger partial charge in [-0.05, 0) is 35.1 Å². The van der Waals surface area contributed by atoms with Crippen LogP contribution in [0.25, 0.3) is 11.1 Å². The summed E-state index contributed by atoms with van der Waals surface area (Å²) in [5.74, 6) is -0.166. The minimum Gasteiger partial charge on any atom is -0.507 e. The van der Waals surface area contributed by atoms with Gasteiger partial charge in [-0.25, -0.2) is 4.79 Å². The third-order valence-electron chi connectivity index (χ3n) is 4.09. The molecule has 0 radical (unpaired) electrons.